The van der Waals surface area contributed by atoms with Crippen molar-refractivity contribution in [2.24, 2.45) is 7.05 Å². The van der Waals surface area contributed by atoms with E-state index in [1.807, 2.05) is 40.0 Å². The lowest BCUT2D eigenvalue weighted by atomic mass is 9.77. The molecule has 0 unspecified atom stereocenters. The van der Waals surface area contributed by atoms with E-state index < -0.39 is 17.1 Å². The highest BCUT2D eigenvalue weighted by Crippen LogP contribution is 2.36. The Morgan fingerprint density at radius 1 is 1.23 bits per heavy atom. The summed E-state index contributed by atoms with van der Waals surface area (Å²) in [5.74, 6) is 1.76. The predicted molar refractivity (Wildman–Crippen MR) is 134 cm³/mol. The third-order valence-corrected chi connectivity index (χ3v) is 6.24. The Morgan fingerprint density at radius 2 is 1.97 bits per heavy atom. The third kappa shape index (κ3) is 4.78. The Kier molecular flexibility index (Phi) is 6.41. The third-order valence-electron chi connectivity index (χ3n) is 6.24. The Bertz CT molecular complexity index is 1290. The monoisotopic (exact) mass is 475 g/mol. The van der Waals surface area contributed by atoms with Gasteiger partial charge in [-0.25, -0.2) is 14.8 Å². The SMILES string of the molecule is CCCc1nc2cnc(Nc3cnc(C4(C#N)CN(C(=O)OC(C)(C)C)C4)cc3CC)cc2n1C. The number of nitriles is 1. The number of nitrogens with one attached hydrogen (secondary N) is 1. The van der Waals surface area contributed by atoms with Crippen LogP contribution in [-0.2, 0) is 30.0 Å². The molecule has 0 bridgehead atoms. The van der Waals surface area contributed by atoms with Crippen molar-refractivity contribution in [2.75, 3.05) is 18.4 Å². The summed E-state index contributed by atoms with van der Waals surface area (Å²) in [6.45, 7) is 10.2. The molecular weight excluding hydrogens is 442 g/mol. The van der Waals surface area contributed by atoms with Gasteiger partial charge in [-0.05, 0) is 45.2 Å². The minimum Gasteiger partial charge on any atom is -0.444 e. The number of imidazole rings is 1. The molecule has 3 aromatic rings. The van der Waals surface area contributed by atoms with E-state index in [-0.39, 0.29) is 13.1 Å². The van der Waals surface area contributed by atoms with E-state index in [1.54, 1.807) is 17.3 Å². The fourth-order valence-electron chi connectivity index (χ4n) is 4.31. The first-order chi connectivity index (χ1) is 16.6. The summed E-state index contributed by atoms with van der Waals surface area (Å²) in [6, 6.07) is 6.34. The van der Waals surface area contributed by atoms with Gasteiger partial charge in [-0.1, -0.05) is 13.8 Å². The minimum atomic E-state index is -0.832. The summed E-state index contributed by atoms with van der Waals surface area (Å²) in [4.78, 5) is 27.7. The second-order valence-electron chi connectivity index (χ2n) is 10.1. The molecule has 3 aromatic heterocycles. The molecule has 184 valence electrons. The number of likely N-dealkylation sites (tertiary alicyclic amines) is 1. The van der Waals surface area contributed by atoms with Gasteiger partial charge in [0.2, 0.25) is 0 Å². The van der Waals surface area contributed by atoms with Crippen molar-refractivity contribution in [3.63, 3.8) is 0 Å². The lowest BCUT2D eigenvalue weighted by Gasteiger charge is -2.45. The van der Waals surface area contributed by atoms with Crippen LogP contribution in [0.15, 0.2) is 24.5 Å². The molecular formula is C26H33N7O2. The average Bonchev–Trinajstić information content (AvgIpc) is 3.08. The number of fused-ring (bicyclic) bond motifs is 1. The van der Waals surface area contributed by atoms with Gasteiger partial charge < -0.3 is 19.5 Å². The zero-order chi connectivity index (χ0) is 25.4. The number of anilines is 2. The molecule has 0 saturated carbocycles. The average molecular weight is 476 g/mol. The van der Waals surface area contributed by atoms with Gasteiger partial charge in [-0.15, -0.1) is 0 Å². The molecule has 1 N–H and O–H groups in total. The standard InChI is InChI=1S/C26H33N7O2/c1-7-9-23-31-19-13-29-22(11-20(19)32(23)6)30-18-12-28-21(10-17(18)8-2)26(14-27)15-33(16-26)24(34)35-25(3,4)5/h10-13H,7-9,15-16H2,1-6H3,(H,29,30). The van der Waals surface area contributed by atoms with Crippen LogP contribution in [0, 0.1) is 11.3 Å². The molecule has 1 saturated heterocycles. The molecule has 1 aliphatic heterocycles. The van der Waals surface area contributed by atoms with Crippen LogP contribution in [-0.4, -0.2) is 49.2 Å². The number of carbonyl (C=O) groups is 1. The number of carbonyl (C=O) groups excluding carboxylic acids is 1. The van der Waals surface area contributed by atoms with E-state index in [2.05, 4.69) is 44.8 Å². The van der Waals surface area contributed by atoms with Crippen LogP contribution in [0.5, 0.6) is 0 Å². The first kappa shape index (κ1) is 24.5. The Hall–Kier alpha value is -3.67. The highest BCUT2D eigenvalue weighted by Gasteiger charge is 2.49. The summed E-state index contributed by atoms with van der Waals surface area (Å²) in [5.41, 5.74) is 3.03. The number of ether oxygens (including phenoxy) is 1. The van der Waals surface area contributed by atoms with E-state index in [9.17, 15) is 10.1 Å². The van der Waals surface area contributed by atoms with E-state index in [0.29, 0.717) is 11.5 Å². The molecule has 0 aromatic carbocycles. The number of rotatable bonds is 6. The van der Waals surface area contributed by atoms with Crippen LogP contribution in [0.1, 0.15) is 58.1 Å². The fraction of sp³-hybridized carbons (Fsp3) is 0.500. The molecule has 1 aliphatic rings. The Balaban J connectivity index is 1.54. The normalized spacial score (nSPS) is 14.9. The van der Waals surface area contributed by atoms with E-state index in [4.69, 9.17) is 4.74 Å². The van der Waals surface area contributed by atoms with Gasteiger partial charge in [0.1, 0.15) is 28.2 Å². The molecule has 1 fully saturated rings. The maximum Gasteiger partial charge on any atom is 0.410 e. The number of nitrogens with zero attached hydrogens (tertiary/aromatic N) is 6. The van der Waals surface area contributed by atoms with Crippen molar-refractivity contribution in [3.8, 4) is 6.07 Å². The summed E-state index contributed by atoms with van der Waals surface area (Å²) in [5, 5.41) is 13.3. The van der Waals surface area contributed by atoms with Crippen molar-refractivity contribution < 1.29 is 9.53 Å². The molecule has 4 heterocycles. The maximum atomic E-state index is 12.4. The van der Waals surface area contributed by atoms with Gasteiger partial charge in [0.25, 0.3) is 0 Å². The van der Waals surface area contributed by atoms with Crippen LogP contribution < -0.4 is 5.32 Å². The van der Waals surface area contributed by atoms with Crippen molar-refractivity contribution in [3.05, 3.63) is 41.6 Å². The predicted octanol–water partition coefficient (Wildman–Crippen LogP) is 4.63. The molecule has 0 spiro atoms. The minimum absolute atomic E-state index is 0.264. The van der Waals surface area contributed by atoms with Gasteiger partial charge in [0.15, 0.2) is 0 Å². The topological polar surface area (TPSA) is 109 Å². The van der Waals surface area contributed by atoms with Gasteiger partial charge in [0, 0.05) is 19.5 Å². The smallest absolute Gasteiger partial charge is 0.410 e. The second-order valence-corrected chi connectivity index (χ2v) is 10.1. The molecule has 9 heteroatoms. The van der Waals surface area contributed by atoms with Crippen LogP contribution in [0.4, 0.5) is 16.3 Å². The van der Waals surface area contributed by atoms with E-state index in [0.717, 1.165) is 47.4 Å². The van der Waals surface area contributed by atoms with Gasteiger partial charge in [0.05, 0.1) is 48.5 Å². The molecule has 1 amide bonds. The number of pyridine rings is 2. The molecule has 35 heavy (non-hydrogen) atoms. The van der Waals surface area contributed by atoms with Crippen LogP contribution in [0.3, 0.4) is 0 Å². The van der Waals surface area contributed by atoms with Crippen molar-refractivity contribution in [2.45, 2.75) is 64.9 Å². The zero-order valence-electron chi connectivity index (χ0n) is 21.3. The second kappa shape index (κ2) is 9.17. The summed E-state index contributed by atoms with van der Waals surface area (Å²) in [7, 11) is 2.03. The molecule has 0 atom stereocenters. The number of hydrogen-bond donors (Lipinski definition) is 1. The van der Waals surface area contributed by atoms with Crippen LogP contribution >= 0.6 is 0 Å². The zero-order valence-corrected chi connectivity index (χ0v) is 21.3. The molecule has 9 nitrogen and oxygen atoms in total. The van der Waals surface area contributed by atoms with Crippen LogP contribution in [0.2, 0.25) is 0 Å². The number of amides is 1. The quantitative estimate of drug-likeness (QED) is 0.553. The maximum absolute atomic E-state index is 12.4. The van der Waals surface area contributed by atoms with Gasteiger partial charge in [-0.3, -0.25) is 4.98 Å². The van der Waals surface area contributed by atoms with Crippen molar-refractivity contribution in [1.29, 1.82) is 5.26 Å². The van der Waals surface area contributed by atoms with E-state index >= 15 is 0 Å². The molecule has 0 radical (unpaired) electrons. The first-order valence-electron chi connectivity index (χ1n) is 12.1. The largest absolute Gasteiger partial charge is 0.444 e. The molecule has 4 rings (SSSR count). The lowest BCUT2D eigenvalue weighted by Crippen LogP contribution is -2.61. The highest BCUT2D eigenvalue weighted by atomic mass is 16.6. The van der Waals surface area contributed by atoms with Crippen molar-refractivity contribution >= 4 is 28.6 Å². The van der Waals surface area contributed by atoms with Crippen molar-refractivity contribution in [1.82, 2.24) is 24.4 Å². The number of aryl methyl sites for hydroxylation is 3. The van der Waals surface area contributed by atoms with E-state index in [1.165, 1.54) is 0 Å². The summed E-state index contributed by atoms with van der Waals surface area (Å²) >= 11 is 0. The number of aromatic nitrogens is 4. The first-order valence-corrected chi connectivity index (χ1v) is 12.1. The Labute approximate surface area is 206 Å². The highest BCUT2D eigenvalue weighted by molar-refractivity contribution is 5.79. The lowest BCUT2D eigenvalue weighted by molar-refractivity contribution is -0.00100. The van der Waals surface area contributed by atoms with Gasteiger partial charge in [-0.2, -0.15) is 5.26 Å². The number of hydrogen-bond acceptors (Lipinski definition) is 7. The summed E-state index contributed by atoms with van der Waals surface area (Å²) in [6.07, 6.45) is 5.84. The Morgan fingerprint density at radius 3 is 2.60 bits per heavy atom. The van der Waals surface area contributed by atoms with Gasteiger partial charge >= 0.3 is 6.09 Å². The van der Waals surface area contributed by atoms with Crippen LogP contribution in [0.25, 0.3) is 11.0 Å². The summed E-state index contributed by atoms with van der Waals surface area (Å²) < 4.78 is 7.54. The fourth-order valence-corrected chi connectivity index (χ4v) is 4.31. The molecule has 0 aliphatic carbocycles.